The van der Waals surface area contributed by atoms with E-state index in [0.29, 0.717) is 19.4 Å². The first kappa shape index (κ1) is 22.6. The molecule has 3 aromatic rings. The number of aromatic nitrogens is 1. The molecule has 0 saturated carbocycles. The van der Waals surface area contributed by atoms with Crippen molar-refractivity contribution in [1.82, 2.24) is 20.5 Å². The Labute approximate surface area is 193 Å². The van der Waals surface area contributed by atoms with E-state index in [9.17, 15) is 14.4 Å². The fourth-order valence-electron chi connectivity index (χ4n) is 4.28. The predicted octanol–water partition coefficient (Wildman–Crippen LogP) is 3.55. The van der Waals surface area contributed by atoms with Crippen molar-refractivity contribution < 1.29 is 14.4 Å². The van der Waals surface area contributed by atoms with Crippen LogP contribution in [0.2, 0.25) is 0 Å². The highest BCUT2D eigenvalue weighted by Crippen LogP contribution is 2.19. The van der Waals surface area contributed by atoms with Gasteiger partial charge in [-0.25, -0.2) is 4.79 Å². The minimum atomic E-state index is -0.647. The largest absolute Gasteiger partial charge is 0.361 e. The lowest BCUT2D eigenvalue weighted by Gasteiger charge is -2.15. The molecule has 3 N–H and O–H groups in total. The Kier molecular flexibility index (Phi) is 7.07. The summed E-state index contributed by atoms with van der Waals surface area (Å²) >= 11 is 0. The predicted molar refractivity (Wildman–Crippen MR) is 128 cm³/mol. The van der Waals surface area contributed by atoms with Crippen molar-refractivity contribution in [2.75, 3.05) is 6.54 Å². The highest BCUT2D eigenvalue weighted by Gasteiger charge is 2.37. The summed E-state index contributed by atoms with van der Waals surface area (Å²) in [5.41, 5.74) is 3.34. The van der Waals surface area contributed by atoms with E-state index < -0.39 is 6.04 Å². The van der Waals surface area contributed by atoms with Crippen LogP contribution in [0.15, 0.2) is 60.8 Å². The van der Waals surface area contributed by atoms with Gasteiger partial charge in [0.2, 0.25) is 5.91 Å². The number of aryl methyl sites for hydroxylation is 1. The molecule has 33 heavy (non-hydrogen) atoms. The molecule has 1 fully saturated rings. The lowest BCUT2D eigenvalue weighted by molar-refractivity contribution is -0.127. The molecule has 2 unspecified atom stereocenters. The Hall–Kier alpha value is -3.61. The molecular weight excluding hydrogens is 416 g/mol. The summed E-state index contributed by atoms with van der Waals surface area (Å²) < 4.78 is 0. The molecule has 1 aliphatic heterocycles. The number of carbonyl (C=O) groups excluding carboxylic acids is 3. The number of rotatable bonds is 10. The third-order valence-electron chi connectivity index (χ3n) is 6.16. The monoisotopic (exact) mass is 446 g/mol. The first-order chi connectivity index (χ1) is 16.0. The first-order valence-electron chi connectivity index (χ1n) is 11.5. The van der Waals surface area contributed by atoms with Gasteiger partial charge in [-0.3, -0.25) is 14.5 Å². The topological polar surface area (TPSA) is 94.3 Å². The number of aromatic amines is 1. The summed E-state index contributed by atoms with van der Waals surface area (Å²) in [5, 5.41) is 6.81. The number of benzene rings is 2. The van der Waals surface area contributed by atoms with Gasteiger partial charge in [0.05, 0.1) is 0 Å². The molecule has 1 saturated heterocycles. The number of carbonyl (C=O) groups is 3. The Bertz CT molecular complexity index is 1120. The van der Waals surface area contributed by atoms with Gasteiger partial charge in [-0.1, -0.05) is 48.5 Å². The molecule has 7 heteroatoms. The zero-order chi connectivity index (χ0) is 23.2. The highest BCUT2D eigenvalue weighted by molar-refractivity contribution is 6.04. The van der Waals surface area contributed by atoms with Gasteiger partial charge in [-0.15, -0.1) is 0 Å². The van der Waals surface area contributed by atoms with E-state index >= 15 is 0 Å². The molecule has 0 spiro atoms. The van der Waals surface area contributed by atoms with Gasteiger partial charge in [0.15, 0.2) is 0 Å². The molecule has 4 amide bonds. The fraction of sp³-hybridized carbons (Fsp3) is 0.346. The van der Waals surface area contributed by atoms with Crippen LogP contribution in [-0.2, 0) is 22.4 Å². The maximum absolute atomic E-state index is 12.7. The number of amides is 4. The van der Waals surface area contributed by atoms with Crippen molar-refractivity contribution in [3.05, 3.63) is 71.9 Å². The standard InChI is InChI=1S/C26H30N4O3/c1-18(11-12-19-7-3-2-4-8-19)28-24(31)14-13-23-25(32)30(26(33)29-23)16-15-20-17-27-22-10-6-5-9-21(20)22/h2-10,17-18,23,27H,11-16H2,1H3,(H,28,31)(H,29,33). The molecule has 172 valence electrons. The Morgan fingerprint density at radius 1 is 1.06 bits per heavy atom. The summed E-state index contributed by atoms with van der Waals surface area (Å²) in [6.07, 6.45) is 4.73. The van der Waals surface area contributed by atoms with Crippen LogP contribution >= 0.6 is 0 Å². The number of H-pyrrole nitrogens is 1. The molecule has 4 rings (SSSR count). The van der Waals surface area contributed by atoms with E-state index in [1.807, 2.05) is 55.6 Å². The molecule has 1 aromatic heterocycles. The van der Waals surface area contributed by atoms with Crippen LogP contribution in [-0.4, -0.2) is 46.4 Å². The maximum atomic E-state index is 12.7. The third kappa shape index (κ3) is 5.61. The van der Waals surface area contributed by atoms with Gasteiger partial charge < -0.3 is 15.6 Å². The number of para-hydroxylation sites is 1. The number of imide groups is 1. The van der Waals surface area contributed by atoms with Crippen molar-refractivity contribution in [3.8, 4) is 0 Å². The van der Waals surface area contributed by atoms with Gasteiger partial charge in [0, 0.05) is 36.1 Å². The summed E-state index contributed by atoms with van der Waals surface area (Å²) in [7, 11) is 0. The van der Waals surface area contributed by atoms with Crippen LogP contribution in [0.5, 0.6) is 0 Å². The van der Waals surface area contributed by atoms with Crippen LogP contribution in [0.25, 0.3) is 10.9 Å². The smallest absolute Gasteiger partial charge is 0.324 e. The molecule has 2 aromatic carbocycles. The number of hydrogen-bond acceptors (Lipinski definition) is 3. The Morgan fingerprint density at radius 2 is 1.82 bits per heavy atom. The molecular formula is C26H30N4O3. The molecule has 0 radical (unpaired) electrons. The summed E-state index contributed by atoms with van der Waals surface area (Å²) in [4.78, 5) is 41.9. The minimum Gasteiger partial charge on any atom is -0.361 e. The first-order valence-corrected chi connectivity index (χ1v) is 11.5. The average Bonchev–Trinajstić information content (AvgIpc) is 3.35. The van der Waals surface area contributed by atoms with Gasteiger partial charge in [-0.2, -0.15) is 0 Å². The van der Waals surface area contributed by atoms with Crippen LogP contribution in [0.3, 0.4) is 0 Å². The van der Waals surface area contributed by atoms with Crippen molar-refractivity contribution in [1.29, 1.82) is 0 Å². The van der Waals surface area contributed by atoms with Gasteiger partial charge in [-0.05, 0) is 49.8 Å². The summed E-state index contributed by atoms with van der Waals surface area (Å²) in [6.45, 7) is 2.29. The third-order valence-corrected chi connectivity index (χ3v) is 6.16. The SMILES string of the molecule is CC(CCc1ccccc1)NC(=O)CCC1NC(=O)N(CCc2c[nH]c3ccccc23)C1=O. The van der Waals surface area contributed by atoms with E-state index in [1.54, 1.807) is 0 Å². The second-order valence-electron chi connectivity index (χ2n) is 8.63. The van der Waals surface area contributed by atoms with Crippen LogP contribution in [0.1, 0.15) is 37.3 Å². The Balaban J connectivity index is 1.21. The van der Waals surface area contributed by atoms with Crippen molar-refractivity contribution in [2.45, 2.75) is 51.1 Å². The second kappa shape index (κ2) is 10.3. The van der Waals surface area contributed by atoms with Crippen molar-refractivity contribution in [3.63, 3.8) is 0 Å². The maximum Gasteiger partial charge on any atom is 0.324 e. The fourth-order valence-corrected chi connectivity index (χ4v) is 4.28. The summed E-state index contributed by atoms with van der Waals surface area (Å²) in [5.74, 6) is -0.361. The molecule has 0 bridgehead atoms. The molecule has 7 nitrogen and oxygen atoms in total. The van der Waals surface area contributed by atoms with Crippen molar-refractivity contribution >= 4 is 28.7 Å². The van der Waals surface area contributed by atoms with E-state index in [-0.39, 0.29) is 30.3 Å². The number of nitrogens with zero attached hydrogens (tertiary/aromatic N) is 1. The normalized spacial score (nSPS) is 16.8. The van der Waals surface area contributed by atoms with E-state index in [4.69, 9.17) is 0 Å². The van der Waals surface area contributed by atoms with Gasteiger partial charge in [0.1, 0.15) is 6.04 Å². The number of nitrogens with one attached hydrogen (secondary N) is 3. The average molecular weight is 447 g/mol. The molecule has 2 heterocycles. The zero-order valence-electron chi connectivity index (χ0n) is 18.8. The molecule has 0 aliphatic carbocycles. The summed E-state index contributed by atoms with van der Waals surface area (Å²) in [6, 6.07) is 17.1. The van der Waals surface area contributed by atoms with Crippen LogP contribution in [0.4, 0.5) is 4.79 Å². The lowest BCUT2D eigenvalue weighted by atomic mass is 10.1. The van der Waals surface area contributed by atoms with E-state index in [1.165, 1.54) is 10.5 Å². The molecule has 2 atom stereocenters. The van der Waals surface area contributed by atoms with Crippen molar-refractivity contribution in [2.24, 2.45) is 0 Å². The lowest BCUT2D eigenvalue weighted by Crippen LogP contribution is -2.36. The molecule has 1 aliphatic rings. The van der Waals surface area contributed by atoms with Gasteiger partial charge >= 0.3 is 6.03 Å². The number of urea groups is 1. The van der Waals surface area contributed by atoms with Crippen LogP contribution < -0.4 is 10.6 Å². The van der Waals surface area contributed by atoms with E-state index in [0.717, 1.165) is 29.3 Å². The number of hydrogen-bond donors (Lipinski definition) is 3. The Morgan fingerprint density at radius 3 is 2.64 bits per heavy atom. The van der Waals surface area contributed by atoms with Gasteiger partial charge in [0.25, 0.3) is 5.91 Å². The van der Waals surface area contributed by atoms with Crippen LogP contribution in [0, 0.1) is 0 Å². The van der Waals surface area contributed by atoms with E-state index in [2.05, 4.69) is 27.8 Å². The highest BCUT2D eigenvalue weighted by atomic mass is 16.2. The zero-order valence-corrected chi connectivity index (χ0v) is 18.8. The minimum absolute atomic E-state index is 0.0410. The quantitative estimate of drug-likeness (QED) is 0.416. The number of fused-ring (bicyclic) bond motifs is 1. The second-order valence-corrected chi connectivity index (χ2v) is 8.63.